The fraction of sp³-hybridized carbons (Fsp3) is 0.938. The predicted octanol–water partition coefficient (Wildman–Crippen LogP) is 1.22. The van der Waals surface area contributed by atoms with Crippen LogP contribution in [0.4, 0.5) is 0 Å². The van der Waals surface area contributed by atoms with Gasteiger partial charge in [0.15, 0.2) is 0 Å². The van der Waals surface area contributed by atoms with Crippen LogP contribution in [0, 0.1) is 0 Å². The van der Waals surface area contributed by atoms with Gasteiger partial charge in [0, 0.05) is 32.8 Å². The molecule has 0 aromatic carbocycles. The summed E-state index contributed by atoms with van der Waals surface area (Å²) in [6.07, 6.45) is 5.20. The van der Waals surface area contributed by atoms with Crippen molar-refractivity contribution < 1.29 is 9.53 Å². The number of amides is 1. The molecule has 122 valence electrons. The Hall–Kier alpha value is -0.650. The Morgan fingerprint density at radius 2 is 1.95 bits per heavy atom. The maximum Gasteiger partial charge on any atom is 0.242 e. The highest BCUT2D eigenvalue weighted by molar-refractivity contribution is 5.86. The maximum absolute atomic E-state index is 12.6. The zero-order chi connectivity index (χ0) is 15.3. The molecule has 1 unspecified atom stereocenters. The lowest BCUT2D eigenvalue weighted by Crippen LogP contribution is -2.55. The summed E-state index contributed by atoms with van der Waals surface area (Å²) in [5.41, 5.74) is 5.59. The predicted molar refractivity (Wildman–Crippen MR) is 84.1 cm³/mol. The first-order chi connectivity index (χ1) is 10.1. The lowest BCUT2D eigenvalue weighted by molar-refractivity contribution is -0.137. The number of nitrogens with two attached hydrogens (primary N) is 1. The smallest absolute Gasteiger partial charge is 0.242 e. The Kier molecular flexibility index (Phi) is 6.02. The second-order valence-electron chi connectivity index (χ2n) is 6.44. The summed E-state index contributed by atoms with van der Waals surface area (Å²) in [7, 11) is 0. The zero-order valence-electron chi connectivity index (χ0n) is 13.6. The van der Waals surface area contributed by atoms with Gasteiger partial charge in [-0.2, -0.15) is 0 Å². The van der Waals surface area contributed by atoms with Crippen molar-refractivity contribution in [3.05, 3.63) is 0 Å². The van der Waals surface area contributed by atoms with E-state index in [1.807, 2.05) is 18.7 Å². The molecule has 0 aliphatic carbocycles. The molecule has 0 saturated carbocycles. The van der Waals surface area contributed by atoms with Gasteiger partial charge in [0.2, 0.25) is 5.91 Å². The fourth-order valence-electron chi connectivity index (χ4n) is 3.30. The van der Waals surface area contributed by atoms with Crippen molar-refractivity contribution in [1.82, 2.24) is 9.80 Å². The van der Waals surface area contributed by atoms with Gasteiger partial charge in [-0.05, 0) is 38.6 Å². The number of rotatable bonds is 5. The first kappa shape index (κ1) is 16.7. The molecule has 2 rings (SSSR count). The van der Waals surface area contributed by atoms with E-state index in [1.165, 1.54) is 12.8 Å². The molecule has 5 nitrogen and oxygen atoms in total. The van der Waals surface area contributed by atoms with Crippen LogP contribution in [-0.2, 0) is 9.53 Å². The minimum absolute atomic E-state index is 0.131. The van der Waals surface area contributed by atoms with Crippen LogP contribution in [0.5, 0.6) is 0 Å². The van der Waals surface area contributed by atoms with E-state index < -0.39 is 5.54 Å². The van der Waals surface area contributed by atoms with Gasteiger partial charge in [0.1, 0.15) is 0 Å². The molecule has 2 heterocycles. The largest absolute Gasteiger partial charge is 0.377 e. The molecule has 0 bridgehead atoms. The molecule has 0 radical (unpaired) electrons. The van der Waals surface area contributed by atoms with Gasteiger partial charge in [0.25, 0.3) is 0 Å². The third kappa shape index (κ3) is 4.18. The van der Waals surface area contributed by atoms with Gasteiger partial charge >= 0.3 is 0 Å². The van der Waals surface area contributed by atoms with E-state index >= 15 is 0 Å². The molecule has 2 fully saturated rings. The standard InChI is InChI=1S/C16H31N3O2/c1-3-16(17,4-2)15(20)19-9-6-8-18(10-11-19)13-14-7-5-12-21-14/h14H,3-13,17H2,1-2H3. The third-order valence-electron chi connectivity index (χ3n) is 5.05. The van der Waals surface area contributed by atoms with Gasteiger partial charge in [-0.15, -0.1) is 0 Å². The molecule has 2 N–H and O–H groups in total. The fourth-order valence-corrected chi connectivity index (χ4v) is 3.30. The molecular formula is C16H31N3O2. The van der Waals surface area contributed by atoms with Crippen molar-refractivity contribution in [2.45, 2.75) is 57.6 Å². The van der Waals surface area contributed by atoms with Crippen molar-refractivity contribution in [3.8, 4) is 0 Å². The van der Waals surface area contributed by atoms with Crippen LogP contribution in [-0.4, -0.2) is 66.7 Å². The summed E-state index contributed by atoms with van der Waals surface area (Å²) in [5.74, 6) is 0.131. The number of carbonyl (C=O) groups is 1. The normalized spacial score (nSPS) is 25.1. The van der Waals surface area contributed by atoms with Crippen molar-refractivity contribution >= 4 is 5.91 Å². The molecule has 21 heavy (non-hydrogen) atoms. The Morgan fingerprint density at radius 1 is 1.19 bits per heavy atom. The zero-order valence-corrected chi connectivity index (χ0v) is 13.6. The van der Waals surface area contributed by atoms with Crippen LogP contribution in [0.15, 0.2) is 0 Å². The highest BCUT2D eigenvalue weighted by Gasteiger charge is 2.34. The van der Waals surface area contributed by atoms with Crippen LogP contribution >= 0.6 is 0 Å². The van der Waals surface area contributed by atoms with E-state index in [2.05, 4.69) is 4.90 Å². The number of carbonyl (C=O) groups excluding carboxylic acids is 1. The molecule has 2 aliphatic heterocycles. The number of hydrogen-bond donors (Lipinski definition) is 1. The topological polar surface area (TPSA) is 58.8 Å². The van der Waals surface area contributed by atoms with E-state index in [9.17, 15) is 4.79 Å². The molecule has 0 aromatic heterocycles. The molecular weight excluding hydrogens is 266 g/mol. The molecule has 2 aliphatic rings. The number of ether oxygens (including phenoxy) is 1. The van der Waals surface area contributed by atoms with Crippen LogP contribution in [0.2, 0.25) is 0 Å². The summed E-state index contributed by atoms with van der Waals surface area (Å²) in [6.45, 7) is 9.55. The Bertz CT molecular complexity index is 338. The maximum atomic E-state index is 12.6. The van der Waals surface area contributed by atoms with Crippen molar-refractivity contribution in [2.75, 3.05) is 39.3 Å². The third-order valence-corrected chi connectivity index (χ3v) is 5.05. The summed E-state index contributed by atoms with van der Waals surface area (Å²) in [5, 5.41) is 0. The minimum Gasteiger partial charge on any atom is -0.377 e. The molecule has 5 heteroatoms. The Morgan fingerprint density at radius 3 is 2.57 bits per heavy atom. The lowest BCUT2D eigenvalue weighted by atomic mass is 9.92. The van der Waals surface area contributed by atoms with E-state index in [0.29, 0.717) is 18.9 Å². The van der Waals surface area contributed by atoms with Crippen molar-refractivity contribution in [1.29, 1.82) is 0 Å². The van der Waals surface area contributed by atoms with E-state index in [0.717, 1.165) is 45.8 Å². The summed E-state index contributed by atoms with van der Waals surface area (Å²) in [6, 6.07) is 0. The SMILES string of the molecule is CCC(N)(CC)C(=O)N1CCCN(CC2CCCO2)CC1. The monoisotopic (exact) mass is 297 g/mol. The van der Waals surface area contributed by atoms with Gasteiger partial charge in [0.05, 0.1) is 11.6 Å². The van der Waals surface area contributed by atoms with Gasteiger partial charge in [-0.1, -0.05) is 13.8 Å². The van der Waals surface area contributed by atoms with Gasteiger partial charge in [-0.3, -0.25) is 9.69 Å². The molecule has 1 atom stereocenters. The highest BCUT2D eigenvalue weighted by Crippen LogP contribution is 2.18. The molecule has 2 saturated heterocycles. The molecule has 0 spiro atoms. The summed E-state index contributed by atoms with van der Waals surface area (Å²) < 4.78 is 5.72. The summed E-state index contributed by atoms with van der Waals surface area (Å²) in [4.78, 5) is 17.1. The quantitative estimate of drug-likeness (QED) is 0.829. The Labute approximate surface area is 128 Å². The van der Waals surface area contributed by atoms with Gasteiger partial charge in [-0.25, -0.2) is 0 Å². The lowest BCUT2D eigenvalue weighted by Gasteiger charge is -2.32. The number of hydrogen-bond acceptors (Lipinski definition) is 4. The number of nitrogens with zero attached hydrogens (tertiary/aromatic N) is 2. The first-order valence-corrected chi connectivity index (χ1v) is 8.51. The van der Waals surface area contributed by atoms with E-state index in [1.54, 1.807) is 0 Å². The van der Waals surface area contributed by atoms with Crippen molar-refractivity contribution in [2.24, 2.45) is 5.73 Å². The Balaban J connectivity index is 1.86. The van der Waals surface area contributed by atoms with E-state index in [-0.39, 0.29) is 5.91 Å². The van der Waals surface area contributed by atoms with Crippen LogP contribution in [0.3, 0.4) is 0 Å². The first-order valence-electron chi connectivity index (χ1n) is 8.51. The minimum atomic E-state index is -0.677. The van der Waals surface area contributed by atoms with Crippen LogP contribution in [0.25, 0.3) is 0 Å². The second-order valence-corrected chi connectivity index (χ2v) is 6.44. The van der Waals surface area contributed by atoms with Crippen LogP contribution < -0.4 is 5.73 Å². The van der Waals surface area contributed by atoms with E-state index in [4.69, 9.17) is 10.5 Å². The molecule has 1 amide bonds. The van der Waals surface area contributed by atoms with Crippen LogP contribution in [0.1, 0.15) is 46.0 Å². The van der Waals surface area contributed by atoms with Gasteiger partial charge < -0.3 is 15.4 Å². The summed E-state index contributed by atoms with van der Waals surface area (Å²) >= 11 is 0. The average molecular weight is 297 g/mol. The average Bonchev–Trinajstić information content (AvgIpc) is 2.90. The molecule has 0 aromatic rings. The second kappa shape index (κ2) is 7.56. The van der Waals surface area contributed by atoms with Crippen molar-refractivity contribution in [3.63, 3.8) is 0 Å². The highest BCUT2D eigenvalue weighted by atomic mass is 16.5.